The van der Waals surface area contributed by atoms with Crippen molar-refractivity contribution in [3.8, 4) is 0 Å². The molecule has 0 saturated carbocycles. The molecule has 1 saturated heterocycles. The highest BCUT2D eigenvalue weighted by Crippen LogP contribution is 2.24. The van der Waals surface area contributed by atoms with Gasteiger partial charge in [-0.05, 0) is 65.0 Å². The molecule has 1 aromatic heterocycles. The number of hydrogen-bond donors (Lipinski definition) is 1. The Kier molecular flexibility index (Phi) is 6.68. The standard InChI is InChI=1S/C17H31N3S/c1-5-8-18-11-17-10-15(14(2)21-17)12-20(4)16-7-6-9-19(3)13-16/h10,16,18H,5-9,11-13H2,1-4H3. The van der Waals surface area contributed by atoms with Gasteiger partial charge in [-0.3, -0.25) is 4.90 Å². The minimum Gasteiger partial charge on any atom is -0.312 e. The van der Waals surface area contributed by atoms with Crippen LogP contribution < -0.4 is 5.32 Å². The van der Waals surface area contributed by atoms with Crippen molar-refractivity contribution in [2.75, 3.05) is 33.7 Å². The third kappa shape index (κ3) is 5.06. The molecule has 0 amide bonds. The lowest BCUT2D eigenvalue weighted by Gasteiger charge is -2.35. The number of piperidine rings is 1. The second-order valence-electron chi connectivity index (χ2n) is 6.44. The first kappa shape index (κ1) is 16.9. The Morgan fingerprint density at radius 2 is 2.29 bits per heavy atom. The van der Waals surface area contributed by atoms with Gasteiger partial charge in [-0.2, -0.15) is 0 Å². The van der Waals surface area contributed by atoms with E-state index in [4.69, 9.17) is 0 Å². The third-order valence-electron chi connectivity index (χ3n) is 4.44. The van der Waals surface area contributed by atoms with Gasteiger partial charge in [0.25, 0.3) is 0 Å². The quantitative estimate of drug-likeness (QED) is 0.781. The van der Waals surface area contributed by atoms with Crippen molar-refractivity contribution in [2.45, 2.75) is 52.2 Å². The van der Waals surface area contributed by atoms with Crippen LogP contribution >= 0.6 is 11.3 Å². The zero-order valence-corrected chi connectivity index (χ0v) is 14.9. The summed E-state index contributed by atoms with van der Waals surface area (Å²) in [6.45, 7) is 10.2. The molecule has 0 bridgehead atoms. The fraction of sp³-hybridized carbons (Fsp3) is 0.765. The van der Waals surface area contributed by atoms with Crippen LogP contribution in [0.25, 0.3) is 0 Å². The number of aryl methyl sites for hydroxylation is 1. The van der Waals surface area contributed by atoms with Crippen LogP contribution in [0.3, 0.4) is 0 Å². The van der Waals surface area contributed by atoms with Gasteiger partial charge >= 0.3 is 0 Å². The van der Waals surface area contributed by atoms with E-state index in [0.717, 1.165) is 19.6 Å². The summed E-state index contributed by atoms with van der Waals surface area (Å²) in [7, 11) is 4.53. The molecule has 0 radical (unpaired) electrons. The van der Waals surface area contributed by atoms with E-state index in [-0.39, 0.29) is 0 Å². The Bertz CT molecular complexity index is 430. The van der Waals surface area contributed by atoms with E-state index in [9.17, 15) is 0 Å². The number of rotatable bonds is 7. The summed E-state index contributed by atoms with van der Waals surface area (Å²) in [5, 5.41) is 3.50. The molecule has 0 aromatic carbocycles. The third-order valence-corrected chi connectivity index (χ3v) is 5.53. The number of likely N-dealkylation sites (N-methyl/N-ethyl adjacent to an activating group) is 2. The van der Waals surface area contributed by atoms with Crippen molar-refractivity contribution in [1.29, 1.82) is 0 Å². The van der Waals surface area contributed by atoms with Crippen LogP contribution in [-0.4, -0.2) is 49.6 Å². The van der Waals surface area contributed by atoms with Crippen molar-refractivity contribution < 1.29 is 0 Å². The topological polar surface area (TPSA) is 18.5 Å². The van der Waals surface area contributed by atoms with Gasteiger partial charge in [0, 0.05) is 35.4 Å². The fourth-order valence-electron chi connectivity index (χ4n) is 3.12. The van der Waals surface area contributed by atoms with Crippen LogP contribution in [0.1, 0.15) is 41.5 Å². The van der Waals surface area contributed by atoms with E-state index >= 15 is 0 Å². The predicted molar refractivity (Wildman–Crippen MR) is 93.0 cm³/mol. The maximum Gasteiger partial charge on any atom is 0.0299 e. The largest absolute Gasteiger partial charge is 0.312 e. The Morgan fingerprint density at radius 3 is 3.00 bits per heavy atom. The van der Waals surface area contributed by atoms with Crippen molar-refractivity contribution in [1.82, 2.24) is 15.1 Å². The highest BCUT2D eigenvalue weighted by molar-refractivity contribution is 7.12. The summed E-state index contributed by atoms with van der Waals surface area (Å²) in [5.74, 6) is 0. The summed E-state index contributed by atoms with van der Waals surface area (Å²) >= 11 is 1.95. The highest BCUT2D eigenvalue weighted by atomic mass is 32.1. The lowest BCUT2D eigenvalue weighted by atomic mass is 10.0. The van der Waals surface area contributed by atoms with Gasteiger partial charge in [0.2, 0.25) is 0 Å². The molecular formula is C17H31N3S. The zero-order valence-electron chi connectivity index (χ0n) is 14.1. The van der Waals surface area contributed by atoms with Crippen molar-refractivity contribution in [3.63, 3.8) is 0 Å². The molecule has 4 heteroatoms. The Hall–Kier alpha value is -0.420. The normalized spacial score (nSPS) is 20.3. The lowest BCUT2D eigenvalue weighted by molar-refractivity contribution is 0.129. The average molecular weight is 310 g/mol. The molecule has 0 spiro atoms. The fourth-order valence-corrected chi connectivity index (χ4v) is 4.14. The van der Waals surface area contributed by atoms with Gasteiger partial charge in [0.05, 0.1) is 0 Å². The molecular weight excluding hydrogens is 278 g/mol. The van der Waals surface area contributed by atoms with Gasteiger partial charge in [-0.25, -0.2) is 0 Å². The van der Waals surface area contributed by atoms with E-state index in [1.807, 2.05) is 11.3 Å². The second-order valence-corrected chi connectivity index (χ2v) is 7.79. The molecule has 120 valence electrons. The van der Waals surface area contributed by atoms with Crippen LogP contribution in [0.4, 0.5) is 0 Å². The number of nitrogens with one attached hydrogen (secondary N) is 1. The maximum absolute atomic E-state index is 3.50. The monoisotopic (exact) mass is 309 g/mol. The zero-order chi connectivity index (χ0) is 15.2. The SMILES string of the molecule is CCCNCc1cc(CN(C)C2CCCN(C)C2)c(C)s1. The van der Waals surface area contributed by atoms with Gasteiger partial charge in [-0.15, -0.1) is 11.3 Å². The Morgan fingerprint density at radius 1 is 1.48 bits per heavy atom. The second kappa shape index (κ2) is 8.28. The first-order valence-corrected chi connectivity index (χ1v) is 9.09. The van der Waals surface area contributed by atoms with E-state index in [1.165, 1.54) is 47.7 Å². The highest BCUT2D eigenvalue weighted by Gasteiger charge is 2.21. The predicted octanol–water partition coefficient (Wildman–Crippen LogP) is 3.08. The molecule has 1 aliphatic heterocycles. The minimum atomic E-state index is 0.713. The van der Waals surface area contributed by atoms with Crippen molar-refractivity contribution >= 4 is 11.3 Å². The van der Waals surface area contributed by atoms with Gasteiger partial charge < -0.3 is 10.2 Å². The Balaban J connectivity index is 1.89. The van der Waals surface area contributed by atoms with Crippen LogP contribution in [0.5, 0.6) is 0 Å². The molecule has 1 unspecified atom stereocenters. The molecule has 3 nitrogen and oxygen atoms in total. The van der Waals surface area contributed by atoms with Crippen LogP contribution in [0, 0.1) is 6.92 Å². The van der Waals surface area contributed by atoms with E-state index in [0.29, 0.717) is 6.04 Å². The Labute approximate surface area is 134 Å². The molecule has 2 rings (SSSR count). The molecule has 1 N–H and O–H groups in total. The summed E-state index contributed by atoms with van der Waals surface area (Å²) in [6, 6.07) is 3.12. The van der Waals surface area contributed by atoms with E-state index in [1.54, 1.807) is 0 Å². The molecule has 1 atom stereocenters. The van der Waals surface area contributed by atoms with E-state index < -0.39 is 0 Å². The van der Waals surface area contributed by atoms with Crippen molar-refractivity contribution in [3.05, 3.63) is 21.4 Å². The summed E-state index contributed by atoms with van der Waals surface area (Å²) in [5.41, 5.74) is 1.52. The summed E-state index contributed by atoms with van der Waals surface area (Å²) in [6.07, 6.45) is 3.88. The number of hydrogen-bond acceptors (Lipinski definition) is 4. The minimum absolute atomic E-state index is 0.713. The van der Waals surface area contributed by atoms with Crippen LogP contribution in [0.2, 0.25) is 0 Å². The average Bonchev–Trinajstić information content (AvgIpc) is 2.79. The number of thiophene rings is 1. The molecule has 1 fully saturated rings. The summed E-state index contributed by atoms with van der Waals surface area (Å²) < 4.78 is 0. The van der Waals surface area contributed by atoms with Gasteiger partial charge in [0.1, 0.15) is 0 Å². The first-order valence-electron chi connectivity index (χ1n) is 8.27. The first-order chi connectivity index (χ1) is 10.1. The van der Waals surface area contributed by atoms with Gasteiger partial charge in [0.15, 0.2) is 0 Å². The van der Waals surface area contributed by atoms with Crippen LogP contribution in [0.15, 0.2) is 6.07 Å². The summed E-state index contributed by atoms with van der Waals surface area (Å²) in [4.78, 5) is 7.98. The molecule has 1 aliphatic rings. The molecule has 2 heterocycles. The van der Waals surface area contributed by atoms with Gasteiger partial charge in [-0.1, -0.05) is 6.92 Å². The molecule has 21 heavy (non-hydrogen) atoms. The molecule has 0 aliphatic carbocycles. The van der Waals surface area contributed by atoms with E-state index in [2.05, 4.69) is 49.1 Å². The molecule has 1 aromatic rings. The van der Waals surface area contributed by atoms with Crippen LogP contribution in [-0.2, 0) is 13.1 Å². The lowest BCUT2D eigenvalue weighted by Crippen LogP contribution is -2.44. The number of likely N-dealkylation sites (tertiary alicyclic amines) is 1. The van der Waals surface area contributed by atoms with Crippen molar-refractivity contribution in [2.24, 2.45) is 0 Å². The maximum atomic E-state index is 3.50. The number of nitrogens with zero attached hydrogens (tertiary/aromatic N) is 2. The smallest absolute Gasteiger partial charge is 0.0299 e.